The Hall–Kier alpha value is -2.70. The Labute approximate surface area is 108 Å². The van der Waals surface area contributed by atoms with E-state index in [9.17, 15) is 14.9 Å². The molecule has 0 fully saturated rings. The number of aromatic carboxylic acids is 1. The van der Waals surface area contributed by atoms with Crippen LogP contribution in [-0.2, 0) is 6.54 Å². The fourth-order valence-electron chi connectivity index (χ4n) is 1.84. The zero-order valence-corrected chi connectivity index (χ0v) is 10.1. The summed E-state index contributed by atoms with van der Waals surface area (Å²) < 4.78 is 1.30. The predicted molar refractivity (Wildman–Crippen MR) is 66.1 cm³/mol. The van der Waals surface area contributed by atoms with Crippen molar-refractivity contribution in [2.24, 2.45) is 0 Å². The number of benzene rings is 1. The van der Waals surface area contributed by atoms with Crippen LogP contribution >= 0.6 is 0 Å². The number of carbonyl (C=O) groups is 1. The number of nitro groups is 1. The van der Waals surface area contributed by atoms with Crippen LogP contribution in [0.4, 0.5) is 5.69 Å². The number of carboxylic acid groups (broad SMARTS) is 1. The summed E-state index contributed by atoms with van der Waals surface area (Å²) in [6.45, 7) is 1.82. The Morgan fingerprint density at radius 1 is 1.47 bits per heavy atom. The van der Waals surface area contributed by atoms with Gasteiger partial charge in [-0.15, -0.1) is 0 Å². The Morgan fingerprint density at radius 3 is 2.84 bits per heavy atom. The molecule has 1 N–H and O–H groups in total. The van der Waals surface area contributed by atoms with E-state index < -0.39 is 10.9 Å². The smallest absolute Gasteiger partial charge is 0.354 e. The molecule has 1 heterocycles. The first-order valence-corrected chi connectivity index (χ1v) is 5.48. The average Bonchev–Trinajstić information content (AvgIpc) is 2.79. The maximum Gasteiger partial charge on any atom is 0.354 e. The maximum atomic E-state index is 11.0. The Kier molecular flexibility index (Phi) is 3.28. The van der Waals surface area contributed by atoms with Crippen LogP contribution in [0.5, 0.6) is 0 Å². The van der Waals surface area contributed by atoms with E-state index in [1.54, 1.807) is 19.1 Å². The van der Waals surface area contributed by atoms with E-state index in [0.29, 0.717) is 11.1 Å². The SMILES string of the molecule is Cc1c(Cn2nccc2C(=O)O)cccc1[N+](=O)[O-]. The first kappa shape index (κ1) is 12.7. The van der Waals surface area contributed by atoms with Gasteiger partial charge in [0.25, 0.3) is 5.69 Å². The summed E-state index contributed by atoms with van der Waals surface area (Å²) in [4.78, 5) is 21.3. The van der Waals surface area contributed by atoms with E-state index in [-0.39, 0.29) is 17.9 Å². The maximum absolute atomic E-state index is 11.0. The van der Waals surface area contributed by atoms with Gasteiger partial charge in [-0.25, -0.2) is 4.79 Å². The standard InChI is InChI=1S/C12H11N3O4/c1-8-9(3-2-4-10(8)15(18)19)7-14-11(12(16)17)5-6-13-14/h2-6H,7H2,1H3,(H,16,17). The number of aromatic nitrogens is 2. The lowest BCUT2D eigenvalue weighted by molar-refractivity contribution is -0.385. The van der Waals surface area contributed by atoms with Gasteiger partial charge in [-0.05, 0) is 18.6 Å². The van der Waals surface area contributed by atoms with Gasteiger partial charge in [0, 0.05) is 17.8 Å². The number of rotatable bonds is 4. The molecular weight excluding hydrogens is 250 g/mol. The molecule has 0 saturated carbocycles. The van der Waals surface area contributed by atoms with Crippen molar-refractivity contribution in [2.75, 3.05) is 0 Å². The molecule has 0 aliphatic rings. The van der Waals surface area contributed by atoms with Gasteiger partial charge < -0.3 is 5.11 Å². The minimum absolute atomic E-state index is 0.0153. The lowest BCUT2D eigenvalue weighted by Crippen LogP contribution is -2.12. The van der Waals surface area contributed by atoms with Gasteiger partial charge in [-0.2, -0.15) is 5.10 Å². The van der Waals surface area contributed by atoms with Crippen LogP contribution in [0.2, 0.25) is 0 Å². The molecular formula is C12H11N3O4. The normalized spacial score (nSPS) is 10.4. The second-order valence-electron chi connectivity index (χ2n) is 4.00. The van der Waals surface area contributed by atoms with Gasteiger partial charge in [-0.1, -0.05) is 12.1 Å². The summed E-state index contributed by atoms with van der Waals surface area (Å²) in [6.07, 6.45) is 1.39. The van der Waals surface area contributed by atoms with Gasteiger partial charge >= 0.3 is 5.97 Å². The van der Waals surface area contributed by atoms with E-state index in [0.717, 1.165) is 0 Å². The second kappa shape index (κ2) is 4.89. The largest absolute Gasteiger partial charge is 0.477 e. The zero-order valence-electron chi connectivity index (χ0n) is 10.1. The van der Waals surface area contributed by atoms with E-state index in [2.05, 4.69) is 5.10 Å². The number of nitrogens with zero attached hydrogens (tertiary/aromatic N) is 3. The minimum atomic E-state index is -1.08. The molecule has 2 rings (SSSR count). The third kappa shape index (κ3) is 2.44. The molecule has 0 atom stereocenters. The molecule has 0 unspecified atom stereocenters. The Bertz CT molecular complexity index is 648. The van der Waals surface area contributed by atoms with Crippen molar-refractivity contribution in [1.82, 2.24) is 9.78 Å². The summed E-state index contributed by atoms with van der Waals surface area (Å²) >= 11 is 0. The molecule has 1 aromatic carbocycles. The molecule has 0 bridgehead atoms. The molecule has 98 valence electrons. The topological polar surface area (TPSA) is 98.3 Å². The molecule has 2 aromatic rings. The summed E-state index contributed by atoms with van der Waals surface area (Å²) in [5.74, 6) is -1.08. The van der Waals surface area contributed by atoms with Crippen LogP contribution in [-0.4, -0.2) is 25.8 Å². The monoisotopic (exact) mass is 261 g/mol. The second-order valence-corrected chi connectivity index (χ2v) is 4.00. The van der Waals surface area contributed by atoms with Gasteiger partial charge in [0.1, 0.15) is 5.69 Å². The van der Waals surface area contributed by atoms with Crippen molar-refractivity contribution in [1.29, 1.82) is 0 Å². The highest BCUT2D eigenvalue weighted by Gasteiger charge is 2.16. The van der Waals surface area contributed by atoms with E-state index in [1.165, 1.54) is 23.0 Å². The van der Waals surface area contributed by atoms with Crippen LogP contribution in [0.3, 0.4) is 0 Å². The third-order valence-corrected chi connectivity index (χ3v) is 2.87. The molecule has 0 spiro atoms. The van der Waals surface area contributed by atoms with Gasteiger partial charge in [0.2, 0.25) is 0 Å². The number of hydrogen-bond acceptors (Lipinski definition) is 4. The van der Waals surface area contributed by atoms with Crippen LogP contribution in [0, 0.1) is 17.0 Å². The highest BCUT2D eigenvalue weighted by Crippen LogP contribution is 2.21. The lowest BCUT2D eigenvalue weighted by atomic mass is 10.1. The molecule has 0 amide bonds. The fourth-order valence-corrected chi connectivity index (χ4v) is 1.84. The lowest BCUT2D eigenvalue weighted by Gasteiger charge is -2.08. The summed E-state index contributed by atoms with van der Waals surface area (Å²) in [5, 5.41) is 23.7. The zero-order chi connectivity index (χ0) is 14.0. The quantitative estimate of drug-likeness (QED) is 0.668. The van der Waals surface area contributed by atoms with Crippen LogP contribution in [0.1, 0.15) is 21.6 Å². The van der Waals surface area contributed by atoms with Gasteiger partial charge in [-0.3, -0.25) is 14.8 Å². The van der Waals surface area contributed by atoms with Crippen molar-refractivity contribution in [3.05, 3.63) is 57.4 Å². The van der Waals surface area contributed by atoms with Crippen molar-refractivity contribution < 1.29 is 14.8 Å². The fraction of sp³-hybridized carbons (Fsp3) is 0.167. The molecule has 7 nitrogen and oxygen atoms in total. The van der Waals surface area contributed by atoms with E-state index >= 15 is 0 Å². The minimum Gasteiger partial charge on any atom is -0.477 e. The molecule has 1 aromatic heterocycles. The van der Waals surface area contributed by atoms with E-state index in [4.69, 9.17) is 5.11 Å². The number of nitro benzene ring substituents is 1. The molecule has 7 heteroatoms. The molecule has 0 aliphatic carbocycles. The van der Waals surface area contributed by atoms with Crippen molar-refractivity contribution in [3.63, 3.8) is 0 Å². The molecule has 19 heavy (non-hydrogen) atoms. The Morgan fingerprint density at radius 2 is 2.21 bits per heavy atom. The molecule has 0 aliphatic heterocycles. The number of carboxylic acids is 1. The summed E-state index contributed by atoms with van der Waals surface area (Å²) in [7, 11) is 0. The summed E-state index contributed by atoms with van der Waals surface area (Å²) in [6, 6.07) is 6.09. The van der Waals surface area contributed by atoms with Gasteiger partial charge in [0.05, 0.1) is 11.5 Å². The van der Waals surface area contributed by atoms with E-state index in [1.807, 2.05) is 0 Å². The van der Waals surface area contributed by atoms with Crippen LogP contribution < -0.4 is 0 Å². The first-order chi connectivity index (χ1) is 9.00. The first-order valence-electron chi connectivity index (χ1n) is 5.48. The number of hydrogen-bond donors (Lipinski definition) is 1. The predicted octanol–water partition coefficient (Wildman–Crippen LogP) is 1.85. The van der Waals surface area contributed by atoms with Gasteiger partial charge in [0.15, 0.2) is 0 Å². The van der Waals surface area contributed by atoms with Crippen molar-refractivity contribution in [2.45, 2.75) is 13.5 Å². The Balaban J connectivity index is 2.39. The average molecular weight is 261 g/mol. The van der Waals surface area contributed by atoms with Crippen LogP contribution in [0.25, 0.3) is 0 Å². The molecule has 0 saturated heterocycles. The highest BCUT2D eigenvalue weighted by atomic mass is 16.6. The van der Waals surface area contributed by atoms with Crippen LogP contribution in [0.15, 0.2) is 30.5 Å². The van der Waals surface area contributed by atoms with Crippen molar-refractivity contribution >= 4 is 11.7 Å². The van der Waals surface area contributed by atoms with Crippen molar-refractivity contribution in [3.8, 4) is 0 Å². The molecule has 0 radical (unpaired) electrons. The third-order valence-electron chi connectivity index (χ3n) is 2.87. The summed E-state index contributed by atoms with van der Waals surface area (Å²) in [5.41, 5.74) is 1.24. The highest BCUT2D eigenvalue weighted by molar-refractivity contribution is 5.85.